The van der Waals surface area contributed by atoms with Gasteiger partial charge in [-0.2, -0.15) is 0 Å². The minimum atomic E-state index is 0.258. The third-order valence-electron chi connectivity index (χ3n) is 2.97. The Hall–Kier alpha value is -1.54. The molecule has 1 unspecified atom stereocenters. The zero-order valence-electron chi connectivity index (χ0n) is 8.46. The van der Waals surface area contributed by atoms with E-state index < -0.39 is 0 Å². The first-order valence-corrected chi connectivity index (χ1v) is 5.31. The summed E-state index contributed by atoms with van der Waals surface area (Å²) in [5.74, 6) is 0. The second-order valence-corrected chi connectivity index (χ2v) is 3.89. The molecule has 3 rings (SSSR count). The summed E-state index contributed by atoms with van der Waals surface area (Å²) in [5.41, 5.74) is 10.4. The zero-order chi connectivity index (χ0) is 10.1. The number of hydrazine groups is 1. The summed E-state index contributed by atoms with van der Waals surface area (Å²) >= 11 is 0. The van der Waals surface area contributed by atoms with Gasteiger partial charge in [-0.1, -0.05) is 24.3 Å². The smallest absolute Gasteiger partial charge is 0.0765 e. The molecule has 0 fully saturated rings. The van der Waals surface area contributed by atoms with E-state index in [1.54, 1.807) is 0 Å². The van der Waals surface area contributed by atoms with Crippen molar-refractivity contribution < 1.29 is 0 Å². The molecule has 75 valence electrons. The largest absolute Gasteiger partial charge is 0.328 e. The predicted octanol–water partition coefficient (Wildman–Crippen LogP) is 2.02. The average Bonchev–Trinajstić information content (AvgIpc) is 2.48. The van der Waals surface area contributed by atoms with E-state index in [0.717, 1.165) is 12.8 Å². The molecule has 0 saturated heterocycles. The molecule has 1 radical (unpaired) electrons. The Kier molecular flexibility index (Phi) is 2.07. The van der Waals surface area contributed by atoms with Crippen LogP contribution in [-0.2, 0) is 6.42 Å². The highest BCUT2D eigenvalue weighted by Crippen LogP contribution is 2.30. The summed E-state index contributed by atoms with van der Waals surface area (Å²) in [6, 6.07) is 8.87. The van der Waals surface area contributed by atoms with Crippen molar-refractivity contribution in [3.8, 4) is 0 Å². The van der Waals surface area contributed by atoms with Crippen molar-refractivity contribution in [2.45, 2.75) is 18.9 Å². The number of rotatable bonds is 0. The van der Waals surface area contributed by atoms with E-state index in [1.807, 2.05) is 6.20 Å². The molecular weight excluding hydrogens is 184 g/mol. The Labute approximate surface area is 89.7 Å². The lowest BCUT2D eigenvalue weighted by molar-refractivity contribution is 0.533. The van der Waals surface area contributed by atoms with Crippen LogP contribution in [0, 0.1) is 6.08 Å². The fraction of sp³-hybridized carbons (Fsp3) is 0.231. The summed E-state index contributed by atoms with van der Waals surface area (Å²) < 4.78 is 0. The SMILES string of the molecule is [C]1=C2C=CNNC2c2ccccc2CC1. The molecule has 1 aliphatic heterocycles. The summed E-state index contributed by atoms with van der Waals surface area (Å²) in [7, 11) is 0. The van der Waals surface area contributed by atoms with Gasteiger partial charge in [-0.15, -0.1) is 0 Å². The van der Waals surface area contributed by atoms with Crippen LogP contribution in [0.4, 0.5) is 0 Å². The van der Waals surface area contributed by atoms with Crippen LogP contribution in [-0.4, -0.2) is 0 Å². The molecule has 0 saturated carbocycles. The number of nitrogens with one attached hydrogen (secondary N) is 2. The molecule has 0 bridgehead atoms. The van der Waals surface area contributed by atoms with Gasteiger partial charge in [-0.05, 0) is 41.7 Å². The van der Waals surface area contributed by atoms with Gasteiger partial charge in [0.2, 0.25) is 0 Å². The van der Waals surface area contributed by atoms with E-state index in [1.165, 1.54) is 16.7 Å². The highest BCUT2D eigenvalue weighted by atomic mass is 15.4. The summed E-state index contributed by atoms with van der Waals surface area (Å²) in [6.45, 7) is 0. The fourth-order valence-electron chi connectivity index (χ4n) is 2.23. The number of aryl methyl sites for hydroxylation is 1. The van der Waals surface area contributed by atoms with Crippen molar-refractivity contribution in [1.29, 1.82) is 0 Å². The van der Waals surface area contributed by atoms with Crippen LogP contribution in [0.3, 0.4) is 0 Å². The van der Waals surface area contributed by atoms with E-state index >= 15 is 0 Å². The van der Waals surface area contributed by atoms with Gasteiger partial charge in [-0.3, -0.25) is 0 Å². The van der Waals surface area contributed by atoms with Crippen LogP contribution in [0.2, 0.25) is 0 Å². The summed E-state index contributed by atoms with van der Waals surface area (Å²) in [5, 5.41) is 0. The molecule has 0 amide bonds. The third kappa shape index (κ3) is 1.47. The van der Waals surface area contributed by atoms with E-state index in [0.29, 0.717) is 0 Å². The van der Waals surface area contributed by atoms with Gasteiger partial charge in [0, 0.05) is 6.20 Å². The second kappa shape index (κ2) is 3.55. The van der Waals surface area contributed by atoms with Gasteiger partial charge in [-0.25, -0.2) is 5.43 Å². The van der Waals surface area contributed by atoms with E-state index in [2.05, 4.69) is 47.3 Å². The molecule has 1 atom stereocenters. The fourth-order valence-corrected chi connectivity index (χ4v) is 2.23. The highest BCUT2D eigenvalue weighted by Gasteiger charge is 2.21. The Bertz CT molecular complexity index is 432. The lowest BCUT2D eigenvalue weighted by Gasteiger charge is -2.24. The molecule has 1 aliphatic carbocycles. The molecule has 2 heteroatoms. The van der Waals surface area contributed by atoms with Gasteiger partial charge in [0.05, 0.1) is 6.04 Å². The lowest BCUT2D eigenvalue weighted by Crippen LogP contribution is -2.35. The van der Waals surface area contributed by atoms with Crippen molar-refractivity contribution >= 4 is 0 Å². The van der Waals surface area contributed by atoms with Crippen LogP contribution in [0.5, 0.6) is 0 Å². The minimum Gasteiger partial charge on any atom is -0.328 e. The Morgan fingerprint density at radius 2 is 2.20 bits per heavy atom. The maximum Gasteiger partial charge on any atom is 0.0765 e. The van der Waals surface area contributed by atoms with Crippen LogP contribution in [0.1, 0.15) is 23.6 Å². The molecule has 1 heterocycles. The first-order valence-electron chi connectivity index (χ1n) is 5.31. The predicted molar refractivity (Wildman–Crippen MR) is 59.7 cm³/mol. The minimum absolute atomic E-state index is 0.258. The van der Waals surface area contributed by atoms with Crippen molar-refractivity contribution in [3.05, 3.63) is 59.3 Å². The number of hydrogen-bond donors (Lipinski definition) is 2. The molecule has 2 nitrogen and oxygen atoms in total. The second-order valence-electron chi connectivity index (χ2n) is 3.89. The first-order chi connectivity index (χ1) is 7.45. The van der Waals surface area contributed by atoms with Crippen LogP contribution < -0.4 is 10.9 Å². The molecule has 0 spiro atoms. The highest BCUT2D eigenvalue weighted by molar-refractivity contribution is 5.41. The Balaban J connectivity index is 2.11. The average molecular weight is 197 g/mol. The van der Waals surface area contributed by atoms with Crippen molar-refractivity contribution in [2.75, 3.05) is 0 Å². The molecule has 2 N–H and O–H groups in total. The molecule has 1 aromatic rings. The van der Waals surface area contributed by atoms with Gasteiger partial charge in [0.25, 0.3) is 0 Å². The van der Waals surface area contributed by atoms with Gasteiger partial charge in [0.15, 0.2) is 0 Å². The van der Waals surface area contributed by atoms with Crippen LogP contribution in [0.25, 0.3) is 0 Å². The number of benzene rings is 1. The molecular formula is C13H13N2. The maximum atomic E-state index is 3.46. The monoisotopic (exact) mass is 197 g/mol. The molecule has 1 aromatic carbocycles. The number of hydrogen-bond acceptors (Lipinski definition) is 2. The summed E-state index contributed by atoms with van der Waals surface area (Å²) in [6.07, 6.45) is 9.58. The van der Waals surface area contributed by atoms with Gasteiger partial charge in [0.1, 0.15) is 0 Å². The van der Waals surface area contributed by atoms with Crippen LogP contribution in [0.15, 0.2) is 42.1 Å². The van der Waals surface area contributed by atoms with Crippen molar-refractivity contribution in [2.24, 2.45) is 0 Å². The van der Waals surface area contributed by atoms with Crippen molar-refractivity contribution in [1.82, 2.24) is 10.9 Å². The normalized spacial score (nSPS) is 23.2. The molecule has 15 heavy (non-hydrogen) atoms. The van der Waals surface area contributed by atoms with E-state index in [9.17, 15) is 0 Å². The third-order valence-corrected chi connectivity index (χ3v) is 2.97. The van der Waals surface area contributed by atoms with E-state index in [-0.39, 0.29) is 6.04 Å². The molecule has 2 aliphatic rings. The quantitative estimate of drug-likeness (QED) is 0.665. The summed E-state index contributed by atoms with van der Waals surface area (Å²) in [4.78, 5) is 0. The topological polar surface area (TPSA) is 24.1 Å². The Morgan fingerprint density at radius 1 is 1.27 bits per heavy atom. The number of fused-ring (bicyclic) bond motifs is 3. The van der Waals surface area contributed by atoms with Crippen LogP contribution >= 0.6 is 0 Å². The van der Waals surface area contributed by atoms with Crippen molar-refractivity contribution in [3.63, 3.8) is 0 Å². The molecule has 0 aromatic heterocycles. The van der Waals surface area contributed by atoms with E-state index in [4.69, 9.17) is 0 Å². The first kappa shape index (κ1) is 8.74. The number of allylic oxidation sites excluding steroid dienone is 1. The van der Waals surface area contributed by atoms with Gasteiger partial charge < -0.3 is 5.43 Å². The lowest BCUT2D eigenvalue weighted by atomic mass is 9.95. The maximum absolute atomic E-state index is 3.46. The Morgan fingerprint density at radius 3 is 3.20 bits per heavy atom. The zero-order valence-corrected chi connectivity index (χ0v) is 8.46. The standard InChI is InChI=1S/C13H13N2/c1-2-7-12-10(4-1)5-3-6-11-8-9-14-15-13(11)12/h1-2,4,7-9,13-15H,3,5H2. The van der Waals surface area contributed by atoms with Gasteiger partial charge >= 0.3 is 0 Å².